The van der Waals surface area contributed by atoms with Gasteiger partial charge in [-0.1, -0.05) is 60.7 Å². The summed E-state index contributed by atoms with van der Waals surface area (Å²) in [5.41, 5.74) is 7.06. The van der Waals surface area contributed by atoms with Crippen LogP contribution in [-0.4, -0.2) is 39.8 Å². The lowest BCUT2D eigenvalue weighted by atomic mass is 9.85. The van der Waals surface area contributed by atoms with Crippen LogP contribution in [0.2, 0.25) is 0 Å². The maximum atomic E-state index is 13.9. The molecule has 1 heterocycles. The number of nitrogens with zero attached hydrogens (tertiary/aromatic N) is 1. The van der Waals surface area contributed by atoms with E-state index in [9.17, 15) is 28.3 Å². The van der Waals surface area contributed by atoms with E-state index in [1.165, 1.54) is 6.92 Å². The molecule has 4 rings (SSSR count). The SMILES string of the molecule is C[C@H](N)C(=O)N(C(=O)[C@@H](O)c1cc(F)cc(F)c1)[C@@H]1C(=O)N[C@@H](c2ccccc2)CC[C@@H]1c1ccccc1. The molecule has 0 radical (unpaired) electrons. The average Bonchev–Trinajstić information content (AvgIpc) is 3.07. The normalized spacial score (nSPS) is 21.1. The van der Waals surface area contributed by atoms with Gasteiger partial charge in [0, 0.05) is 12.0 Å². The molecule has 1 fully saturated rings. The fourth-order valence-electron chi connectivity index (χ4n) is 4.91. The predicted octanol–water partition coefficient (Wildman–Crippen LogP) is 3.50. The monoisotopic (exact) mass is 521 g/mol. The number of nitrogens with one attached hydrogen (secondary N) is 1. The first-order valence-corrected chi connectivity index (χ1v) is 12.3. The van der Waals surface area contributed by atoms with Crippen molar-refractivity contribution in [2.24, 2.45) is 5.73 Å². The van der Waals surface area contributed by atoms with E-state index in [0.717, 1.165) is 17.7 Å². The molecule has 1 saturated heterocycles. The van der Waals surface area contributed by atoms with Gasteiger partial charge in [0.25, 0.3) is 5.91 Å². The maximum Gasteiger partial charge on any atom is 0.263 e. The summed E-state index contributed by atoms with van der Waals surface area (Å²) in [7, 11) is 0. The Morgan fingerprint density at radius 3 is 2.03 bits per heavy atom. The summed E-state index contributed by atoms with van der Waals surface area (Å²) in [6, 6.07) is 17.5. The fourth-order valence-corrected chi connectivity index (χ4v) is 4.91. The van der Waals surface area contributed by atoms with Crippen LogP contribution in [0.25, 0.3) is 0 Å². The van der Waals surface area contributed by atoms with Crippen LogP contribution in [-0.2, 0) is 14.4 Å². The summed E-state index contributed by atoms with van der Waals surface area (Å²) in [6.45, 7) is 1.36. The van der Waals surface area contributed by atoms with Gasteiger partial charge in [0.2, 0.25) is 11.8 Å². The molecule has 3 aromatic rings. The van der Waals surface area contributed by atoms with Crippen LogP contribution in [0.1, 0.15) is 54.5 Å². The van der Waals surface area contributed by atoms with Gasteiger partial charge >= 0.3 is 0 Å². The molecule has 0 unspecified atom stereocenters. The Bertz CT molecular complexity index is 1280. The molecule has 0 aromatic heterocycles. The predicted molar refractivity (Wildman–Crippen MR) is 136 cm³/mol. The highest BCUT2D eigenvalue weighted by Crippen LogP contribution is 2.36. The molecule has 1 aliphatic rings. The van der Waals surface area contributed by atoms with Crippen LogP contribution in [0, 0.1) is 11.6 Å². The molecule has 3 amide bonds. The first-order valence-electron chi connectivity index (χ1n) is 12.3. The van der Waals surface area contributed by atoms with E-state index in [-0.39, 0.29) is 11.6 Å². The van der Waals surface area contributed by atoms with Crippen molar-refractivity contribution in [3.8, 4) is 0 Å². The van der Waals surface area contributed by atoms with E-state index < -0.39 is 53.5 Å². The van der Waals surface area contributed by atoms with E-state index in [1.54, 1.807) is 30.3 Å². The third kappa shape index (κ3) is 5.79. The van der Waals surface area contributed by atoms with Gasteiger partial charge in [-0.2, -0.15) is 0 Å². The fraction of sp³-hybridized carbons (Fsp3) is 0.276. The lowest BCUT2D eigenvalue weighted by molar-refractivity contribution is -0.158. The summed E-state index contributed by atoms with van der Waals surface area (Å²) in [5, 5.41) is 13.8. The molecular formula is C29H29F2N3O4. The van der Waals surface area contributed by atoms with E-state index in [1.807, 2.05) is 30.3 Å². The minimum Gasteiger partial charge on any atom is -0.378 e. The van der Waals surface area contributed by atoms with Gasteiger partial charge in [-0.05, 0) is 48.6 Å². The van der Waals surface area contributed by atoms with Crippen LogP contribution in [0.4, 0.5) is 8.78 Å². The first-order chi connectivity index (χ1) is 18.2. The second-order valence-corrected chi connectivity index (χ2v) is 9.45. The Balaban J connectivity index is 1.80. The van der Waals surface area contributed by atoms with Crippen molar-refractivity contribution in [1.82, 2.24) is 10.2 Å². The number of aliphatic hydroxyl groups is 1. The second-order valence-electron chi connectivity index (χ2n) is 9.45. The number of benzene rings is 3. The Morgan fingerprint density at radius 1 is 0.921 bits per heavy atom. The minimum absolute atomic E-state index is 0.385. The molecular weight excluding hydrogens is 492 g/mol. The summed E-state index contributed by atoms with van der Waals surface area (Å²) < 4.78 is 27.7. The van der Waals surface area contributed by atoms with Crippen molar-refractivity contribution in [1.29, 1.82) is 0 Å². The van der Waals surface area contributed by atoms with E-state index in [2.05, 4.69) is 5.32 Å². The largest absolute Gasteiger partial charge is 0.378 e. The van der Waals surface area contributed by atoms with Gasteiger partial charge in [-0.3, -0.25) is 19.3 Å². The van der Waals surface area contributed by atoms with Crippen molar-refractivity contribution in [2.75, 3.05) is 0 Å². The summed E-state index contributed by atoms with van der Waals surface area (Å²) in [4.78, 5) is 41.5. The standard InChI is InChI=1S/C29H29F2N3O4/c1-17(32)28(37)34(29(38)26(35)20-14-21(30)16-22(31)15-20)25-23(18-8-4-2-5-9-18)12-13-24(33-27(25)36)19-10-6-3-7-11-19/h2-11,14-17,23-26,35H,12-13,32H2,1H3,(H,33,36)/t17-,23+,24+,25-,26-/m0/s1. The number of amides is 3. The summed E-state index contributed by atoms with van der Waals surface area (Å²) in [6.07, 6.45) is -1.19. The minimum atomic E-state index is -2.11. The number of rotatable bonds is 6. The van der Waals surface area contributed by atoms with Gasteiger partial charge in [0.1, 0.15) is 17.7 Å². The number of nitrogens with two attached hydrogens (primary N) is 1. The third-order valence-corrected chi connectivity index (χ3v) is 6.74. The van der Waals surface area contributed by atoms with Gasteiger partial charge in [0.05, 0.1) is 12.1 Å². The van der Waals surface area contributed by atoms with Gasteiger partial charge in [-0.15, -0.1) is 0 Å². The van der Waals surface area contributed by atoms with Gasteiger partial charge in [-0.25, -0.2) is 8.78 Å². The van der Waals surface area contributed by atoms with E-state index in [4.69, 9.17) is 5.73 Å². The Morgan fingerprint density at radius 2 is 1.47 bits per heavy atom. The zero-order valence-electron chi connectivity index (χ0n) is 20.8. The number of carbonyl (C=O) groups excluding carboxylic acids is 3. The zero-order valence-corrected chi connectivity index (χ0v) is 20.8. The number of aliphatic hydroxyl groups excluding tert-OH is 1. The van der Waals surface area contributed by atoms with Crippen LogP contribution in [0.3, 0.4) is 0 Å². The summed E-state index contributed by atoms with van der Waals surface area (Å²) >= 11 is 0. The molecule has 3 aromatic carbocycles. The molecule has 38 heavy (non-hydrogen) atoms. The highest BCUT2D eigenvalue weighted by Gasteiger charge is 2.45. The molecule has 0 spiro atoms. The van der Waals surface area contributed by atoms with Crippen LogP contribution in [0.5, 0.6) is 0 Å². The first kappa shape index (κ1) is 27.1. The molecule has 0 bridgehead atoms. The molecule has 0 aliphatic carbocycles. The van der Waals surface area contributed by atoms with Crippen LogP contribution in [0.15, 0.2) is 78.9 Å². The second kappa shape index (κ2) is 11.6. The van der Waals surface area contributed by atoms with Crippen molar-refractivity contribution in [3.63, 3.8) is 0 Å². The number of imide groups is 1. The molecule has 198 valence electrons. The number of hydrogen-bond donors (Lipinski definition) is 3. The lowest BCUT2D eigenvalue weighted by Gasteiger charge is -2.35. The average molecular weight is 522 g/mol. The van der Waals surface area contributed by atoms with E-state index >= 15 is 0 Å². The topological polar surface area (TPSA) is 113 Å². The van der Waals surface area contributed by atoms with Crippen molar-refractivity contribution in [2.45, 2.75) is 49.9 Å². The maximum absolute atomic E-state index is 13.9. The molecule has 7 nitrogen and oxygen atoms in total. The van der Waals surface area contributed by atoms with Crippen molar-refractivity contribution < 1.29 is 28.3 Å². The van der Waals surface area contributed by atoms with Crippen molar-refractivity contribution >= 4 is 17.7 Å². The Labute approximate surface area is 219 Å². The van der Waals surface area contributed by atoms with E-state index in [0.29, 0.717) is 29.4 Å². The number of hydrogen-bond acceptors (Lipinski definition) is 5. The smallest absolute Gasteiger partial charge is 0.263 e. The van der Waals surface area contributed by atoms with Crippen LogP contribution >= 0.6 is 0 Å². The van der Waals surface area contributed by atoms with Gasteiger partial charge in [0.15, 0.2) is 6.10 Å². The molecule has 1 aliphatic heterocycles. The number of halogens is 2. The lowest BCUT2D eigenvalue weighted by Crippen LogP contribution is -2.58. The third-order valence-electron chi connectivity index (χ3n) is 6.74. The van der Waals surface area contributed by atoms with Crippen LogP contribution < -0.4 is 11.1 Å². The molecule has 0 saturated carbocycles. The highest BCUT2D eigenvalue weighted by atomic mass is 19.1. The molecule has 9 heteroatoms. The van der Waals surface area contributed by atoms with Crippen molar-refractivity contribution in [3.05, 3.63) is 107 Å². The zero-order chi connectivity index (χ0) is 27.4. The summed E-state index contributed by atoms with van der Waals surface area (Å²) in [5.74, 6) is -5.34. The highest BCUT2D eigenvalue weighted by molar-refractivity contribution is 6.04. The molecule has 4 N–H and O–H groups in total. The Hall–Kier alpha value is -3.95. The number of carbonyl (C=O) groups is 3. The Kier molecular flexibility index (Phi) is 8.29. The quantitative estimate of drug-likeness (QED) is 0.460. The van der Waals surface area contributed by atoms with Gasteiger partial charge < -0.3 is 16.2 Å². The molecule has 5 atom stereocenters.